The lowest BCUT2D eigenvalue weighted by atomic mass is 9.91. The van der Waals surface area contributed by atoms with Gasteiger partial charge < -0.3 is 0 Å². The Kier molecular flexibility index (Phi) is 6.15. The predicted octanol–water partition coefficient (Wildman–Crippen LogP) is 4.84. The Bertz CT molecular complexity index is 792. The first kappa shape index (κ1) is 19.1. The van der Waals surface area contributed by atoms with E-state index in [2.05, 4.69) is 38.1 Å². The lowest BCUT2D eigenvalue weighted by Crippen LogP contribution is -2.38. The molecule has 0 spiro atoms. The van der Waals surface area contributed by atoms with E-state index in [-0.39, 0.29) is 0 Å². The van der Waals surface area contributed by atoms with Crippen LogP contribution in [0.1, 0.15) is 50.2 Å². The van der Waals surface area contributed by atoms with Crippen molar-refractivity contribution in [2.45, 2.75) is 50.3 Å². The second kappa shape index (κ2) is 8.36. The highest BCUT2D eigenvalue weighted by atomic mass is 32.2. The minimum Gasteiger partial charge on any atom is -0.207 e. The molecule has 1 atom stereocenters. The first-order valence-corrected chi connectivity index (χ1v) is 11.1. The maximum atomic E-state index is 12.9. The lowest BCUT2D eigenvalue weighted by Gasteiger charge is -2.31. The van der Waals surface area contributed by atoms with Gasteiger partial charge in [0.15, 0.2) is 0 Å². The highest BCUT2D eigenvalue weighted by Crippen LogP contribution is 2.27. The third-order valence-electron chi connectivity index (χ3n) is 5.64. The summed E-state index contributed by atoms with van der Waals surface area (Å²) in [5, 5.41) is 0. The van der Waals surface area contributed by atoms with Gasteiger partial charge in [-0.3, -0.25) is 0 Å². The van der Waals surface area contributed by atoms with Crippen LogP contribution in [0.3, 0.4) is 0 Å². The highest BCUT2D eigenvalue weighted by Gasteiger charge is 2.29. The van der Waals surface area contributed by atoms with E-state index in [0.29, 0.717) is 29.8 Å². The molecule has 0 radical (unpaired) electrons. The molecule has 0 saturated carbocycles. The van der Waals surface area contributed by atoms with Crippen LogP contribution in [0.2, 0.25) is 0 Å². The molecular formula is C22H29NO2S. The molecule has 3 rings (SSSR count). The van der Waals surface area contributed by atoms with Crippen molar-refractivity contribution < 1.29 is 8.42 Å². The van der Waals surface area contributed by atoms with Crippen molar-refractivity contribution in [2.24, 2.45) is 5.92 Å². The van der Waals surface area contributed by atoms with Crippen molar-refractivity contribution in [2.75, 3.05) is 13.1 Å². The fourth-order valence-electron chi connectivity index (χ4n) is 3.65. The van der Waals surface area contributed by atoms with Crippen LogP contribution in [0.4, 0.5) is 0 Å². The van der Waals surface area contributed by atoms with E-state index < -0.39 is 10.0 Å². The Hall–Kier alpha value is -1.65. The summed E-state index contributed by atoms with van der Waals surface area (Å²) in [6.07, 6.45) is 3.96. The summed E-state index contributed by atoms with van der Waals surface area (Å²) in [4.78, 5) is 0.422. The molecular weight excluding hydrogens is 342 g/mol. The number of rotatable bonds is 6. The fraction of sp³-hybridized carbons (Fsp3) is 0.455. The van der Waals surface area contributed by atoms with E-state index in [1.54, 1.807) is 16.4 Å². The molecule has 0 aliphatic carbocycles. The average Bonchev–Trinajstić information content (AvgIpc) is 2.68. The highest BCUT2D eigenvalue weighted by molar-refractivity contribution is 7.89. The normalized spacial score (nSPS) is 17.9. The van der Waals surface area contributed by atoms with Crippen molar-refractivity contribution in [1.82, 2.24) is 4.31 Å². The summed E-state index contributed by atoms with van der Waals surface area (Å²) in [5.41, 5.74) is 2.54. The van der Waals surface area contributed by atoms with Gasteiger partial charge in [-0.05, 0) is 60.8 Å². The smallest absolute Gasteiger partial charge is 0.207 e. The van der Waals surface area contributed by atoms with Crippen LogP contribution < -0.4 is 0 Å². The summed E-state index contributed by atoms with van der Waals surface area (Å²) in [5.74, 6) is 1.03. The van der Waals surface area contributed by atoms with E-state index in [1.807, 2.05) is 18.2 Å². The zero-order valence-electron chi connectivity index (χ0n) is 15.8. The standard InChI is InChI=1S/C22H29NO2S/c1-3-18(2)21-9-11-22(12-10-21)26(24,25)23-15-13-20(14-16-23)17-19-7-5-4-6-8-19/h4-12,18,20H,3,13-17H2,1-2H3. The molecule has 1 heterocycles. The lowest BCUT2D eigenvalue weighted by molar-refractivity contribution is 0.273. The number of hydrogen-bond donors (Lipinski definition) is 0. The molecule has 1 aliphatic rings. The van der Waals surface area contributed by atoms with Gasteiger partial charge in [-0.25, -0.2) is 8.42 Å². The zero-order valence-corrected chi connectivity index (χ0v) is 16.6. The van der Waals surface area contributed by atoms with Crippen LogP contribution in [-0.2, 0) is 16.4 Å². The average molecular weight is 372 g/mol. The van der Waals surface area contributed by atoms with Crippen LogP contribution in [0.5, 0.6) is 0 Å². The van der Waals surface area contributed by atoms with Crippen molar-refractivity contribution in [3.8, 4) is 0 Å². The van der Waals surface area contributed by atoms with Gasteiger partial charge in [0.2, 0.25) is 10.0 Å². The molecule has 4 heteroatoms. The van der Waals surface area contributed by atoms with Gasteiger partial charge >= 0.3 is 0 Å². The molecule has 26 heavy (non-hydrogen) atoms. The zero-order chi connectivity index (χ0) is 18.6. The van der Waals surface area contributed by atoms with E-state index in [4.69, 9.17) is 0 Å². The molecule has 1 fully saturated rings. The number of nitrogens with zero attached hydrogens (tertiary/aromatic N) is 1. The van der Waals surface area contributed by atoms with Gasteiger partial charge in [0.25, 0.3) is 0 Å². The molecule has 1 unspecified atom stereocenters. The van der Waals surface area contributed by atoms with Crippen molar-refractivity contribution in [3.05, 3.63) is 65.7 Å². The third-order valence-corrected chi connectivity index (χ3v) is 7.55. The third kappa shape index (κ3) is 4.36. The molecule has 2 aromatic carbocycles. The summed E-state index contributed by atoms with van der Waals surface area (Å²) in [7, 11) is -3.37. The van der Waals surface area contributed by atoms with Gasteiger partial charge in [-0.15, -0.1) is 0 Å². The van der Waals surface area contributed by atoms with Crippen LogP contribution in [0.15, 0.2) is 59.5 Å². The Labute approximate surface area is 158 Å². The number of sulfonamides is 1. The summed E-state index contributed by atoms with van der Waals surface area (Å²) < 4.78 is 27.5. The predicted molar refractivity (Wildman–Crippen MR) is 107 cm³/mol. The van der Waals surface area contributed by atoms with Crippen LogP contribution in [0.25, 0.3) is 0 Å². The van der Waals surface area contributed by atoms with E-state index in [0.717, 1.165) is 25.7 Å². The summed E-state index contributed by atoms with van der Waals surface area (Å²) in [6, 6.07) is 17.9. The minimum absolute atomic E-state index is 0.422. The van der Waals surface area contributed by atoms with Crippen LogP contribution in [-0.4, -0.2) is 25.8 Å². The second-order valence-corrected chi connectivity index (χ2v) is 9.35. The second-order valence-electron chi connectivity index (χ2n) is 7.42. The van der Waals surface area contributed by atoms with Gasteiger partial charge in [0, 0.05) is 13.1 Å². The molecule has 0 aromatic heterocycles. The topological polar surface area (TPSA) is 37.4 Å². The quantitative estimate of drug-likeness (QED) is 0.728. The van der Waals surface area contributed by atoms with Gasteiger partial charge in [0.1, 0.15) is 0 Å². The Balaban J connectivity index is 1.62. The van der Waals surface area contributed by atoms with Crippen LogP contribution in [0, 0.1) is 5.92 Å². The monoisotopic (exact) mass is 371 g/mol. The van der Waals surface area contributed by atoms with Gasteiger partial charge in [-0.2, -0.15) is 4.31 Å². The van der Waals surface area contributed by atoms with E-state index in [9.17, 15) is 8.42 Å². The minimum atomic E-state index is -3.37. The molecule has 1 saturated heterocycles. The SMILES string of the molecule is CCC(C)c1ccc(S(=O)(=O)N2CCC(Cc3ccccc3)CC2)cc1. The van der Waals surface area contributed by atoms with Gasteiger partial charge in [0.05, 0.1) is 4.90 Å². The Morgan fingerprint density at radius 3 is 2.19 bits per heavy atom. The van der Waals surface area contributed by atoms with E-state index in [1.165, 1.54) is 11.1 Å². The first-order valence-electron chi connectivity index (χ1n) is 9.64. The molecule has 1 aliphatic heterocycles. The maximum absolute atomic E-state index is 12.9. The molecule has 0 bridgehead atoms. The number of hydrogen-bond acceptors (Lipinski definition) is 2. The van der Waals surface area contributed by atoms with Crippen LogP contribution >= 0.6 is 0 Å². The number of benzene rings is 2. The maximum Gasteiger partial charge on any atom is 0.243 e. The first-order chi connectivity index (χ1) is 12.5. The molecule has 2 aromatic rings. The molecule has 0 N–H and O–H groups in total. The van der Waals surface area contributed by atoms with E-state index >= 15 is 0 Å². The summed E-state index contributed by atoms with van der Waals surface area (Å²) in [6.45, 7) is 5.55. The van der Waals surface area contributed by atoms with Crippen molar-refractivity contribution in [3.63, 3.8) is 0 Å². The molecule has 0 amide bonds. The van der Waals surface area contributed by atoms with Crippen molar-refractivity contribution in [1.29, 1.82) is 0 Å². The Morgan fingerprint density at radius 2 is 1.62 bits per heavy atom. The fourth-order valence-corrected chi connectivity index (χ4v) is 5.12. The molecule has 140 valence electrons. The largest absolute Gasteiger partial charge is 0.243 e. The van der Waals surface area contributed by atoms with Crippen molar-refractivity contribution >= 4 is 10.0 Å². The number of piperidine rings is 1. The van der Waals surface area contributed by atoms with Gasteiger partial charge in [-0.1, -0.05) is 56.3 Å². The Morgan fingerprint density at radius 1 is 1.00 bits per heavy atom. The molecule has 3 nitrogen and oxygen atoms in total. The summed E-state index contributed by atoms with van der Waals surface area (Å²) >= 11 is 0.